The van der Waals surface area contributed by atoms with Gasteiger partial charge in [-0.25, -0.2) is 0 Å². The lowest BCUT2D eigenvalue weighted by Gasteiger charge is -2.04. The van der Waals surface area contributed by atoms with E-state index < -0.39 is 12.0 Å². The van der Waals surface area contributed by atoms with E-state index in [0.29, 0.717) is 11.7 Å². The van der Waals surface area contributed by atoms with Gasteiger partial charge in [-0.3, -0.25) is 10.1 Å². The molecule has 6 nitrogen and oxygen atoms in total. The first-order valence-corrected chi connectivity index (χ1v) is 3.85. The van der Waals surface area contributed by atoms with Gasteiger partial charge in [0.2, 0.25) is 5.89 Å². The Balaban J connectivity index is 2.39. The molecule has 0 radical (unpaired) electrons. The average Bonchev–Trinajstić information content (AvgIpc) is 2.47. The fourth-order valence-corrected chi connectivity index (χ4v) is 0.740. The molecule has 0 saturated heterocycles. The molecule has 72 valence electrons. The Labute approximate surface area is 74.9 Å². The molecule has 1 aromatic rings. The van der Waals surface area contributed by atoms with Crippen LogP contribution in [-0.2, 0) is 11.3 Å². The van der Waals surface area contributed by atoms with E-state index >= 15 is 0 Å². The van der Waals surface area contributed by atoms with E-state index in [1.54, 1.807) is 13.8 Å². The van der Waals surface area contributed by atoms with Gasteiger partial charge < -0.3 is 9.63 Å². The van der Waals surface area contributed by atoms with E-state index in [9.17, 15) is 4.79 Å². The lowest BCUT2D eigenvalue weighted by atomic mass is 10.3. The fraction of sp³-hybridized carbons (Fsp3) is 0.571. The number of nitrogens with one attached hydrogen (secondary N) is 1. The Bertz CT molecular complexity index is 297. The Morgan fingerprint density at radius 2 is 2.46 bits per heavy atom. The zero-order valence-electron chi connectivity index (χ0n) is 7.44. The van der Waals surface area contributed by atoms with Gasteiger partial charge in [0.1, 0.15) is 6.04 Å². The van der Waals surface area contributed by atoms with Crippen molar-refractivity contribution in [3.8, 4) is 0 Å². The van der Waals surface area contributed by atoms with E-state index in [1.165, 1.54) is 0 Å². The first-order chi connectivity index (χ1) is 6.09. The van der Waals surface area contributed by atoms with Gasteiger partial charge in [0, 0.05) is 0 Å². The van der Waals surface area contributed by atoms with E-state index in [4.69, 9.17) is 9.63 Å². The minimum atomic E-state index is -0.906. The molecule has 0 fully saturated rings. The van der Waals surface area contributed by atoms with Gasteiger partial charge in [0.15, 0.2) is 5.82 Å². The normalized spacial score (nSPS) is 12.8. The van der Waals surface area contributed by atoms with Crippen LogP contribution in [-0.4, -0.2) is 27.3 Å². The maximum absolute atomic E-state index is 10.4. The molecule has 2 N–H and O–H groups in total. The van der Waals surface area contributed by atoms with Crippen LogP contribution in [0.3, 0.4) is 0 Å². The van der Waals surface area contributed by atoms with Crippen molar-refractivity contribution < 1.29 is 14.4 Å². The lowest BCUT2D eigenvalue weighted by Crippen LogP contribution is -2.33. The minimum Gasteiger partial charge on any atom is -0.480 e. The van der Waals surface area contributed by atoms with Crippen molar-refractivity contribution in [1.82, 2.24) is 15.5 Å². The van der Waals surface area contributed by atoms with Crippen LogP contribution in [0.2, 0.25) is 0 Å². The van der Waals surface area contributed by atoms with Crippen molar-refractivity contribution in [3.05, 3.63) is 11.7 Å². The van der Waals surface area contributed by atoms with E-state index in [1.807, 2.05) is 0 Å². The number of carboxylic acids is 1. The lowest BCUT2D eigenvalue weighted by molar-refractivity contribution is -0.139. The van der Waals surface area contributed by atoms with Crippen molar-refractivity contribution >= 4 is 5.97 Å². The van der Waals surface area contributed by atoms with Crippen LogP contribution in [0.15, 0.2) is 4.52 Å². The number of nitrogens with zero attached hydrogens (tertiary/aromatic N) is 2. The Kier molecular flexibility index (Phi) is 2.97. The second-order valence-electron chi connectivity index (χ2n) is 2.68. The quantitative estimate of drug-likeness (QED) is 0.683. The van der Waals surface area contributed by atoms with Crippen LogP contribution in [0.1, 0.15) is 18.6 Å². The molecule has 0 amide bonds. The predicted molar refractivity (Wildman–Crippen MR) is 43.0 cm³/mol. The number of hydrogen-bond donors (Lipinski definition) is 2. The fourth-order valence-electron chi connectivity index (χ4n) is 0.740. The van der Waals surface area contributed by atoms with Crippen LogP contribution in [0, 0.1) is 6.92 Å². The molecule has 6 heteroatoms. The second-order valence-corrected chi connectivity index (χ2v) is 2.68. The van der Waals surface area contributed by atoms with E-state index in [0.717, 1.165) is 0 Å². The molecule has 1 aromatic heterocycles. The Morgan fingerprint density at radius 3 is 2.92 bits per heavy atom. The highest BCUT2D eigenvalue weighted by Crippen LogP contribution is 1.95. The minimum absolute atomic E-state index is 0.272. The molecule has 0 bridgehead atoms. The summed E-state index contributed by atoms with van der Waals surface area (Å²) >= 11 is 0. The van der Waals surface area contributed by atoms with Crippen molar-refractivity contribution in [2.45, 2.75) is 26.4 Å². The molecular formula is C7H11N3O3. The average molecular weight is 185 g/mol. The highest BCUT2D eigenvalue weighted by molar-refractivity contribution is 5.72. The van der Waals surface area contributed by atoms with Gasteiger partial charge in [-0.15, -0.1) is 0 Å². The topological polar surface area (TPSA) is 88.2 Å². The first kappa shape index (κ1) is 9.66. The van der Waals surface area contributed by atoms with Crippen molar-refractivity contribution in [2.24, 2.45) is 0 Å². The molecule has 0 aliphatic heterocycles. The van der Waals surface area contributed by atoms with Crippen LogP contribution in [0.5, 0.6) is 0 Å². The first-order valence-electron chi connectivity index (χ1n) is 3.85. The second kappa shape index (κ2) is 3.99. The molecule has 0 spiro atoms. The van der Waals surface area contributed by atoms with Crippen molar-refractivity contribution in [1.29, 1.82) is 0 Å². The third kappa shape index (κ3) is 2.83. The van der Waals surface area contributed by atoms with Gasteiger partial charge >= 0.3 is 5.97 Å². The number of carbonyl (C=O) groups is 1. The molecule has 1 heterocycles. The number of carboxylic acid groups (broad SMARTS) is 1. The Morgan fingerprint density at radius 1 is 1.77 bits per heavy atom. The van der Waals surface area contributed by atoms with Crippen molar-refractivity contribution in [2.75, 3.05) is 0 Å². The smallest absolute Gasteiger partial charge is 0.320 e. The molecule has 1 rings (SSSR count). The molecule has 0 aliphatic carbocycles. The third-order valence-electron chi connectivity index (χ3n) is 1.50. The summed E-state index contributed by atoms with van der Waals surface area (Å²) in [4.78, 5) is 14.3. The summed E-state index contributed by atoms with van der Waals surface area (Å²) < 4.78 is 4.78. The van der Waals surface area contributed by atoms with Crippen molar-refractivity contribution in [3.63, 3.8) is 0 Å². The molecule has 1 atom stereocenters. The summed E-state index contributed by atoms with van der Waals surface area (Å²) in [6, 6.07) is -0.618. The highest BCUT2D eigenvalue weighted by Gasteiger charge is 2.11. The Hall–Kier alpha value is -1.43. The summed E-state index contributed by atoms with van der Waals surface area (Å²) in [7, 11) is 0. The molecule has 0 unspecified atom stereocenters. The van der Waals surface area contributed by atoms with Gasteiger partial charge in [0.05, 0.1) is 6.54 Å². The van der Waals surface area contributed by atoms with Gasteiger partial charge in [0.25, 0.3) is 0 Å². The van der Waals surface area contributed by atoms with E-state index in [-0.39, 0.29) is 6.54 Å². The maximum Gasteiger partial charge on any atom is 0.320 e. The maximum atomic E-state index is 10.4. The third-order valence-corrected chi connectivity index (χ3v) is 1.50. The van der Waals surface area contributed by atoms with Crippen LogP contribution < -0.4 is 5.32 Å². The largest absolute Gasteiger partial charge is 0.480 e. The van der Waals surface area contributed by atoms with Gasteiger partial charge in [-0.2, -0.15) is 4.98 Å². The SMILES string of the molecule is Cc1noc(CN[C@H](C)C(=O)O)n1. The zero-order chi connectivity index (χ0) is 9.84. The number of rotatable bonds is 4. The number of aryl methyl sites for hydroxylation is 1. The zero-order valence-corrected chi connectivity index (χ0v) is 7.44. The number of aromatic nitrogens is 2. The monoisotopic (exact) mass is 185 g/mol. The molecular weight excluding hydrogens is 174 g/mol. The number of aliphatic carboxylic acids is 1. The van der Waals surface area contributed by atoms with Gasteiger partial charge in [-0.1, -0.05) is 5.16 Å². The summed E-state index contributed by atoms with van der Waals surface area (Å²) in [6.45, 7) is 3.52. The summed E-state index contributed by atoms with van der Waals surface area (Å²) in [5, 5.41) is 14.8. The summed E-state index contributed by atoms with van der Waals surface area (Å²) in [5.74, 6) is 0.0293. The van der Waals surface area contributed by atoms with Crippen LogP contribution >= 0.6 is 0 Å². The molecule has 0 aliphatic rings. The molecule has 0 saturated carbocycles. The van der Waals surface area contributed by atoms with E-state index in [2.05, 4.69) is 15.5 Å². The molecule has 13 heavy (non-hydrogen) atoms. The summed E-state index contributed by atoms with van der Waals surface area (Å²) in [6.07, 6.45) is 0. The summed E-state index contributed by atoms with van der Waals surface area (Å²) in [5.41, 5.74) is 0. The van der Waals surface area contributed by atoms with Crippen LogP contribution in [0.4, 0.5) is 0 Å². The molecule has 0 aromatic carbocycles. The predicted octanol–water partition coefficient (Wildman–Crippen LogP) is -0.0593. The highest BCUT2D eigenvalue weighted by atomic mass is 16.5. The number of hydrogen-bond acceptors (Lipinski definition) is 5. The van der Waals surface area contributed by atoms with Gasteiger partial charge in [-0.05, 0) is 13.8 Å². The van der Waals surface area contributed by atoms with Crippen LogP contribution in [0.25, 0.3) is 0 Å². The standard InChI is InChI=1S/C7H11N3O3/c1-4(7(11)12)8-3-6-9-5(2)10-13-6/h4,8H,3H2,1-2H3,(H,11,12)/t4-/m1/s1.